The van der Waals surface area contributed by atoms with E-state index in [-0.39, 0.29) is 11.2 Å². The van der Waals surface area contributed by atoms with Crippen LogP contribution in [0.4, 0.5) is 5.69 Å². The van der Waals surface area contributed by atoms with Gasteiger partial charge in [-0.1, -0.05) is 34.1 Å². The molecule has 0 heterocycles. The van der Waals surface area contributed by atoms with Crippen LogP contribution in [0.3, 0.4) is 0 Å². The third-order valence-corrected chi connectivity index (χ3v) is 2.78. The zero-order valence-corrected chi connectivity index (χ0v) is 10.4. The van der Waals surface area contributed by atoms with E-state index in [2.05, 4.69) is 21.2 Å². The Morgan fingerprint density at radius 3 is 2.62 bits per heavy atom. The van der Waals surface area contributed by atoms with Gasteiger partial charge >= 0.3 is 0 Å². The maximum absolute atomic E-state index is 11.0. The van der Waals surface area contributed by atoms with Crippen molar-refractivity contribution in [1.29, 1.82) is 0 Å². The van der Waals surface area contributed by atoms with Crippen molar-refractivity contribution in [3.63, 3.8) is 0 Å². The second kappa shape index (κ2) is 5.98. The Bertz CT molecular complexity index is 370. The van der Waals surface area contributed by atoms with Crippen LogP contribution in [0, 0.1) is 0 Å². The number of amides is 1. The molecular formula is C11H14BrNO3. The van der Waals surface area contributed by atoms with E-state index in [1.165, 1.54) is 6.92 Å². The van der Waals surface area contributed by atoms with E-state index in [0.717, 1.165) is 0 Å². The van der Waals surface area contributed by atoms with Crippen LogP contribution in [0.1, 0.15) is 18.6 Å². The molecule has 5 heteroatoms. The summed E-state index contributed by atoms with van der Waals surface area (Å²) in [6.45, 7) is 1.39. The lowest BCUT2D eigenvalue weighted by molar-refractivity contribution is -0.114. The Kier molecular flexibility index (Phi) is 4.92. The molecule has 88 valence electrons. The van der Waals surface area contributed by atoms with Gasteiger partial charge in [0.25, 0.3) is 0 Å². The van der Waals surface area contributed by atoms with E-state index >= 15 is 0 Å². The highest BCUT2D eigenvalue weighted by molar-refractivity contribution is 9.09. The number of hydrogen-bond donors (Lipinski definition) is 3. The lowest BCUT2D eigenvalue weighted by atomic mass is 10.0. The van der Waals surface area contributed by atoms with Crippen molar-refractivity contribution in [3.8, 4) is 0 Å². The van der Waals surface area contributed by atoms with Crippen molar-refractivity contribution in [3.05, 3.63) is 29.8 Å². The number of nitrogens with one attached hydrogen (secondary N) is 1. The first-order chi connectivity index (χ1) is 7.56. The molecule has 0 bridgehead atoms. The topological polar surface area (TPSA) is 69.6 Å². The van der Waals surface area contributed by atoms with Crippen molar-refractivity contribution >= 4 is 27.5 Å². The number of halogens is 1. The standard InChI is InChI=1S/C11H14BrNO3/c1-7(14)13-9-5-3-2-4-8(9)11(16)10(15)6-12/h2-5,10-11,15-16H,6H2,1H3,(H,13,14). The van der Waals surface area contributed by atoms with Gasteiger partial charge in [-0.05, 0) is 6.07 Å². The molecule has 16 heavy (non-hydrogen) atoms. The number of hydrogen-bond acceptors (Lipinski definition) is 3. The lowest BCUT2D eigenvalue weighted by Crippen LogP contribution is -2.21. The van der Waals surface area contributed by atoms with Gasteiger partial charge in [-0.15, -0.1) is 0 Å². The van der Waals surface area contributed by atoms with Gasteiger partial charge in [0, 0.05) is 23.5 Å². The highest BCUT2D eigenvalue weighted by atomic mass is 79.9. The van der Waals surface area contributed by atoms with Gasteiger partial charge < -0.3 is 15.5 Å². The summed E-state index contributed by atoms with van der Waals surface area (Å²) in [5.74, 6) is -0.215. The number of rotatable bonds is 4. The minimum atomic E-state index is -1.03. The molecule has 0 aliphatic carbocycles. The van der Waals surface area contributed by atoms with Crippen LogP contribution in [0.2, 0.25) is 0 Å². The zero-order chi connectivity index (χ0) is 12.1. The summed E-state index contributed by atoms with van der Waals surface area (Å²) in [4.78, 5) is 11.0. The molecule has 0 aromatic heterocycles. The second-order valence-corrected chi connectivity index (χ2v) is 4.08. The van der Waals surface area contributed by atoms with Crippen molar-refractivity contribution in [1.82, 2.24) is 0 Å². The molecular weight excluding hydrogens is 274 g/mol. The summed E-state index contributed by atoms with van der Waals surface area (Å²) in [5, 5.41) is 22.3. The van der Waals surface area contributed by atoms with Gasteiger partial charge in [-0.3, -0.25) is 4.79 Å². The summed E-state index contributed by atoms with van der Waals surface area (Å²) in [6, 6.07) is 6.84. The van der Waals surface area contributed by atoms with Crippen LogP contribution in [-0.2, 0) is 4.79 Å². The first-order valence-electron chi connectivity index (χ1n) is 4.85. The molecule has 0 fully saturated rings. The molecule has 0 spiro atoms. The Hall–Kier alpha value is -0.910. The second-order valence-electron chi connectivity index (χ2n) is 3.43. The minimum Gasteiger partial charge on any atom is -0.389 e. The average Bonchev–Trinajstić information content (AvgIpc) is 2.27. The molecule has 0 aliphatic heterocycles. The summed E-state index contributed by atoms with van der Waals surface area (Å²) < 4.78 is 0. The fourth-order valence-corrected chi connectivity index (χ4v) is 1.70. The number of para-hydroxylation sites is 1. The number of carbonyl (C=O) groups is 1. The van der Waals surface area contributed by atoms with Crippen molar-refractivity contribution in [2.24, 2.45) is 0 Å². The summed E-state index contributed by atoms with van der Waals surface area (Å²) in [5.41, 5.74) is 1.02. The van der Waals surface area contributed by atoms with E-state index in [0.29, 0.717) is 11.3 Å². The van der Waals surface area contributed by atoms with E-state index in [1.807, 2.05) is 0 Å². The van der Waals surface area contributed by atoms with E-state index in [1.54, 1.807) is 24.3 Å². The summed E-state index contributed by atoms with van der Waals surface area (Å²) in [6.07, 6.45) is -1.93. The maximum Gasteiger partial charge on any atom is 0.221 e. The zero-order valence-electron chi connectivity index (χ0n) is 8.85. The average molecular weight is 288 g/mol. The summed E-state index contributed by atoms with van der Waals surface area (Å²) in [7, 11) is 0. The smallest absolute Gasteiger partial charge is 0.221 e. The van der Waals surface area contributed by atoms with Crippen molar-refractivity contribution in [2.75, 3.05) is 10.6 Å². The number of carbonyl (C=O) groups excluding carboxylic acids is 1. The van der Waals surface area contributed by atoms with E-state index < -0.39 is 12.2 Å². The quantitative estimate of drug-likeness (QED) is 0.734. The number of aliphatic hydroxyl groups excluding tert-OH is 2. The van der Waals surface area contributed by atoms with Gasteiger partial charge in [-0.2, -0.15) is 0 Å². The Balaban J connectivity index is 2.98. The van der Waals surface area contributed by atoms with Crippen LogP contribution < -0.4 is 5.32 Å². The first kappa shape index (κ1) is 13.2. The fourth-order valence-electron chi connectivity index (χ4n) is 1.35. The highest BCUT2D eigenvalue weighted by Crippen LogP contribution is 2.25. The Morgan fingerprint density at radius 1 is 1.44 bits per heavy atom. The number of aliphatic hydroxyl groups is 2. The number of benzene rings is 1. The molecule has 2 unspecified atom stereocenters. The Labute approximate surface area is 102 Å². The third-order valence-electron chi connectivity index (χ3n) is 2.11. The molecule has 0 radical (unpaired) electrons. The fraction of sp³-hybridized carbons (Fsp3) is 0.364. The Morgan fingerprint density at radius 2 is 2.06 bits per heavy atom. The summed E-state index contributed by atoms with van der Waals surface area (Å²) >= 11 is 3.09. The highest BCUT2D eigenvalue weighted by Gasteiger charge is 2.20. The molecule has 1 amide bonds. The van der Waals surface area contributed by atoms with Crippen molar-refractivity contribution in [2.45, 2.75) is 19.1 Å². The molecule has 4 nitrogen and oxygen atoms in total. The van der Waals surface area contributed by atoms with Crippen LogP contribution >= 0.6 is 15.9 Å². The van der Waals surface area contributed by atoms with Gasteiger partial charge in [-0.25, -0.2) is 0 Å². The maximum atomic E-state index is 11.0. The van der Waals surface area contributed by atoms with Gasteiger partial charge in [0.1, 0.15) is 6.10 Å². The first-order valence-corrected chi connectivity index (χ1v) is 5.97. The minimum absolute atomic E-state index is 0.215. The molecule has 0 aliphatic rings. The predicted octanol–water partition coefficient (Wildman–Crippen LogP) is 1.43. The van der Waals surface area contributed by atoms with E-state index in [4.69, 9.17) is 0 Å². The third kappa shape index (κ3) is 3.30. The molecule has 1 aromatic rings. The molecule has 0 saturated carbocycles. The van der Waals surface area contributed by atoms with Crippen LogP contribution in [0.15, 0.2) is 24.3 Å². The predicted molar refractivity (Wildman–Crippen MR) is 65.5 cm³/mol. The van der Waals surface area contributed by atoms with Crippen molar-refractivity contribution < 1.29 is 15.0 Å². The molecule has 0 saturated heterocycles. The monoisotopic (exact) mass is 287 g/mol. The van der Waals surface area contributed by atoms with E-state index in [9.17, 15) is 15.0 Å². The molecule has 2 atom stereocenters. The lowest BCUT2D eigenvalue weighted by Gasteiger charge is -2.19. The molecule has 1 aromatic carbocycles. The van der Waals surface area contributed by atoms with Crippen LogP contribution in [-0.4, -0.2) is 27.6 Å². The van der Waals surface area contributed by atoms with Crippen LogP contribution in [0.5, 0.6) is 0 Å². The SMILES string of the molecule is CC(=O)Nc1ccccc1C(O)C(O)CBr. The number of alkyl halides is 1. The van der Waals surface area contributed by atoms with Crippen LogP contribution in [0.25, 0.3) is 0 Å². The molecule has 1 rings (SSSR count). The molecule has 3 N–H and O–H groups in total. The van der Waals surface area contributed by atoms with Gasteiger partial charge in [0.15, 0.2) is 0 Å². The normalized spacial score (nSPS) is 14.2. The van der Waals surface area contributed by atoms with Gasteiger partial charge in [0.05, 0.1) is 6.10 Å². The van der Waals surface area contributed by atoms with Gasteiger partial charge in [0.2, 0.25) is 5.91 Å². The largest absolute Gasteiger partial charge is 0.389 e. The number of anilines is 1.